The minimum absolute atomic E-state index is 0.0381. The van der Waals surface area contributed by atoms with E-state index in [1.807, 2.05) is 30.3 Å². The first-order chi connectivity index (χ1) is 14.6. The zero-order chi connectivity index (χ0) is 21.3. The molecule has 4 rings (SSSR count). The molecule has 158 valence electrons. The monoisotopic (exact) mass is 411 g/mol. The predicted octanol–water partition coefficient (Wildman–Crippen LogP) is 3.50. The molecule has 4 atom stereocenters. The van der Waals surface area contributed by atoms with E-state index in [0.717, 1.165) is 12.0 Å². The van der Waals surface area contributed by atoms with Gasteiger partial charge in [-0.1, -0.05) is 30.3 Å². The number of aliphatic hydroxyl groups excluding tert-OH is 1. The fourth-order valence-electron chi connectivity index (χ4n) is 4.51. The van der Waals surface area contributed by atoms with E-state index in [0.29, 0.717) is 35.6 Å². The molecule has 0 saturated heterocycles. The van der Waals surface area contributed by atoms with Gasteiger partial charge in [-0.3, -0.25) is 9.59 Å². The van der Waals surface area contributed by atoms with Gasteiger partial charge in [0.05, 0.1) is 11.5 Å². The first-order valence-corrected chi connectivity index (χ1v) is 10.4. The number of carbonyl (C=O) groups excluding carboxylic acids is 2. The summed E-state index contributed by atoms with van der Waals surface area (Å²) >= 11 is 0. The Morgan fingerprint density at radius 1 is 1.20 bits per heavy atom. The molecule has 2 aliphatic rings. The quantitative estimate of drug-likeness (QED) is 0.652. The smallest absolute Gasteiger partial charge is 0.254 e. The van der Waals surface area contributed by atoms with Crippen molar-refractivity contribution >= 4 is 11.7 Å². The van der Waals surface area contributed by atoms with Gasteiger partial charge in [-0.15, -0.1) is 0 Å². The summed E-state index contributed by atoms with van der Waals surface area (Å²) in [4.78, 5) is 25.5. The lowest BCUT2D eigenvalue weighted by Gasteiger charge is -2.16. The lowest BCUT2D eigenvalue weighted by molar-refractivity contribution is 0.0955. The van der Waals surface area contributed by atoms with Gasteiger partial charge < -0.3 is 15.2 Å². The molecule has 2 aromatic carbocycles. The van der Waals surface area contributed by atoms with E-state index in [-0.39, 0.29) is 35.7 Å². The molecule has 30 heavy (non-hydrogen) atoms. The van der Waals surface area contributed by atoms with E-state index in [1.54, 1.807) is 12.1 Å². The first kappa shape index (κ1) is 20.5. The number of fused-ring (bicyclic) bond motifs is 1. The van der Waals surface area contributed by atoms with Crippen molar-refractivity contribution in [2.45, 2.75) is 31.3 Å². The third-order valence-corrected chi connectivity index (χ3v) is 6.21. The highest BCUT2D eigenvalue weighted by atomic mass is 19.1. The number of carbonyl (C=O) groups is 2. The Hall–Kier alpha value is -2.73. The van der Waals surface area contributed by atoms with Crippen LogP contribution in [0.1, 0.15) is 57.0 Å². The van der Waals surface area contributed by atoms with Crippen molar-refractivity contribution in [1.82, 2.24) is 5.32 Å². The Morgan fingerprint density at radius 3 is 2.63 bits per heavy atom. The average Bonchev–Trinajstić information content (AvgIpc) is 3.38. The van der Waals surface area contributed by atoms with Crippen LogP contribution < -0.4 is 10.1 Å². The highest BCUT2D eigenvalue weighted by molar-refractivity contribution is 6.03. The van der Waals surface area contributed by atoms with E-state index in [1.165, 1.54) is 7.05 Å². The van der Waals surface area contributed by atoms with Crippen LogP contribution in [0.2, 0.25) is 0 Å². The minimum atomic E-state index is -0.742. The molecule has 5 nitrogen and oxygen atoms in total. The summed E-state index contributed by atoms with van der Waals surface area (Å²) in [6.45, 7) is -0.564. The second kappa shape index (κ2) is 8.56. The van der Waals surface area contributed by atoms with Crippen LogP contribution in [-0.4, -0.2) is 43.2 Å². The summed E-state index contributed by atoms with van der Waals surface area (Å²) in [7, 11) is 1.52. The van der Waals surface area contributed by atoms with Crippen molar-refractivity contribution in [3.63, 3.8) is 0 Å². The maximum absolute atomic E-state index is 13.9. The topological polar surface area (TPSA) is 75.6 Å². The van der Waals surface area contributed by atoms with Crippen LogP contribution in [0, 0.1) is 11.8 Å². The number of nitrogens with one attached hydrogen (secondary N) is 1. The number of benzene rings is 2. The first-order valence-electron chi connectivity index (χ1n) is 10.4. The van der Waals surface area contributed by atoms with Crippen molar-refractivity contribution in [2.24, 2.45) is 11.8 Å². The zero-order valence-corrected chi connectivity index (χ0v) is 16.9. The second-order valence-corrected chi connectivity index (χ2v) is 8.12. The lowest BCUT2D eigenvalue weighted by atomic mass is 9.86. The molecule has 1 unspecified atom stereocenters. The number of alkyl halides is 1. The van der Waals surface area contributed by atoms with Gasteiger partial charge in [0.2, 0.25) is 0 Å². The molecular formula is C24H26FNO4. The average molecular weight is 411 g/mol. The molecule has 6 heteroatoms. The summed E-state index contributed by atoms with van der Waals surface area (Å²) < 4.78 is 19.7. The molecule has 1 aliphatic heterocycles. The van der Waals surface area contributed by atoms with Gasteiger partial charge in [0.25, 0.3) is 5.91 Å². The fraction of sp³-hybridized carbons (Fsp3) is 0.417. The van der Waals surface area contributed by atoms with Crippen LogP contribution in [0.15, 0.2) is 42.5 Å². The molecule has 1 saturated carbocycles. The Balaban J connectivity index is 1.72. The zero-order valence-electron chi connectivity index (χ0n) is 16.9. The van der Waals surface area contributed by atoms with Crippen LogP contribution in [0.3, 0.4) is 0 Å². The van der Waals surface area contributed by atoms with E-state index in [9.17, 15) is 14.0 Å². The minimum Gasteiger partial charge on any atom is -0.486 e. The molecule has 0 bridgehead atoms. The third kappa shape index (κ3) is 3.84. The van der Waals surface area contributed by atoms with Crippen molar-refractivity contribution in [3.05, 3.63) is 64.7 Å². The maximum Gasteiger partial charge on any atom is 0.254 e. The van der Waals surface area contributed by atoms with Gasteiger partial charge >= 0.3 is 0 Å². The van der Waals surface area contributed by atoms with E-state index < -0.39 is 12.8 Å². The van der Waals surface area contributed by atoms with Crippen LogP contribution in [0.4, 0.5) is 4.39 Å². The van der Waals surface area contributed by atoms with Crippen molar-refractivity contribution in [3.8, 4) is 5.75 Å². The van der Waals surface area contributed by atoms with Crippen molar-refractivity contribution in [2.75, 3.05) is 20.3 Å². The molecule has 1 heterocycles. The Bertz CT molecular complexity index is 946. The molecule has 2 N–H and O–H groups in total. The number of ketones is 1. The molecule has 1 amide bonds. The van der Waals surface area contributed by atoms with Gasteiger partial charge in [-0.05, 0) is 42.4 Å². The number of rotatable bonds is 8. The summed E-state index contributed by atoms with van der Waals surface area (Å²) in [5.41, 5.74) is 2.27. The van der Waals surface area contributed by atoms with E-state index >= 15 is 0 Å². The molecule has 1 aliphatic carbocycles. The normalized spacial score (nSPS) is 24.1. The highest BCUT2D eigenvalue weighted by Crippen LogP contribution is 2.47. The largest absolute Gasteiger partial charge is 0.486 e. The van der Waals surface area contributed by atoms with Gasteiger partial charge in [-0.2, -0.15) is 0 Å². The molecule has 0 aromatic heterocycles. The lowest BCUT2D eigenvalue weighted by Crippen LogP contribution is -2.22. The number of aliphatic hydroxyl groups is 1. The van der Waals surface area contributed by atoms with E-state index in [2.05, 4.69) is 5.32 Å². The number of hydrogen-bond acceptors (Lipinski definition) is 4. The summed E-state index contributed by atoms with van der Waals surface area (Å²) in [5.74, 6) is 0.238. The van der Waals surface area contributed by atoms with Crippen LogP contribution in [0.25, 0.3) is 0 Å². The number of halogens is 1. The van der Waals surface area contributed by atoms with Crippen LogP contribution >= 0.6 is 0 Å². The Kier molecular flexibility index (Phi) is 5.86. The summed E-state index contributed by atoms with van der Waals surface area (Å²) in [6.07, 6.45) is 1.31. The number of hydrogen-bond donors (Lipinski definition) is 2. The number of Topliss-reactive ketones (excluding diaryl/α,β-unsaturated/α-hetero) is 1. The third-order valence-electron chi connectivity index (χ3n) is 6.21. The fourth-order valence-corrected chi connectivity index (χ4v) is 4.51. The highest BCUT2D eigenvalue weighted by Gasteiger charge is 2.41. The number of amides is 1. The standard InChI is InChI=1S/C24H26FNO4/c1-26-24(29)19-11-17(20(28)12-16-9-15(16)7-8-27)10-18-22(14-5-3-2-4-6-14)21(13-25)30-23(18)19/h2-6,10-11,15-16,21-22,27H,7-9,12-13H2,1H3,(H,26,29)/t15-,16?,21-,22+/m1/s1. The summed E-state index contributed by atoms with van der Waals surface area (Å²) in [6, 6.07) is 12.8. The Labute approximate surface area is 175 Å². The molecule has 0 radical (unpaired) electrons. The van der Waals surface area contributed by atoms with Gasteiger partial charge in [-0.25, -0.2) is 4.39 Å². The molecule has 1 fully saturated rings. The SMILES string of the molecule is CNC(=O)c1cc(C(=O)CC2C[C@H]2CCO)cc2c1O[C@H](CF)[C@H]2c1ccccc1. The van der Waals surface area contributed by atoms with Crippen molar-refractivity contribution < 1.29 is 23.8 Å². The van der Waals surface area contributed by atoms with Crippen molar-refractivity contribution in [1.29, 1.82) is 0 Å². The molecule has 2 aromatic rings. The summed E-state index contributed by atoms with van der Waals surface area (Å²) in [5, 5.41) is 11.7. The Morgan fingerprint density at radius 2 is 1.97 bits per heavy atom. The van der Waals surface area contributed by atoms with Gasteiger partial charge in [0.1, 0.15) is 18.5 Å². The van der Waals surface area contributed by atoms with Crippen LogP contribution in [0.5, 0.6) is 5.75 Å². The molecule has 0 spiro atoms. The second-order valence-electron chi connectivity index (χ2n) is 8.12. The van der Waals surface area contributed by atoms with Gasteiger partial charge in [0, 0.05) is 31.2 Å². The predicted molar refractivity (Wildman–Crippen MR) is 111 cm³/mol. The van der Waals surface area contributed by atoms with Crippen LogP contribution in [-0.2, 0) is 0 Å². The maximum atomic E-state index is 13.9. The molecular weight excluding hydrogens is 385 g/mol. The van der Waals surface area contributed by atoms with Gasteiger partial charge in [0.15, 0.2) is 5.78 Å². The van der Waals surface area contributed by atoms with E-state index in [4.69, 9.17) is 9.84 Å². The number of ether oxygens (including phenoxy) is 1.